The second-order valence-corrected chi connectivity index (χ2v) is 4.31. The van der Waals surface area contributed by atoms with E-state index in [1.807, 2.05) is 13.8 Å². The lowest BCUT2D eigenvalue weighted by atomic mass is 10.0. The van der Waals surface area contributed by atoms with Crippen LogP contribution in [-0.2, 0) is 0 Å². The van der Waals surface area contributed by atoms with Crippen LogP contribution in [0.5, 0.6) is 0 Å². The van der Waals surface area contributed by atoms with Gasteiger partial charge in [0.15, 0.2) is 0 Å². The summed E-state index contributed by atoms with van der Waals surface area (Å²) >= 11 is 0. The minimum absolute atomic E-state index is 0.215. The predicted molar refractivity (Wildman–Crippen MR) is 64.1 cm³/mol. The molecule has 5 N–H and O–H groups in total. The summed E-state index contributed by atoms with van der Waals surface area (Å²) in [5.74, 6) is 0.0209. The summed E-state index contributed by atoms with van der Waals surface area (Å²) in [6.45, 7) is 4.57. The third kappa shape index (κ3) is 3.20. The van der Waals surface area contributed by atoms with Gasteiger partial charge in [-0.05, 0) is 38.9 Å². The van der Waals surface area contributed by atoms with E-state index in [1.54, 1.807) is 18.3 Å². The molecule has 0 aliphatic heterocycles. The van der Waals surface area contributed by atoms with Crippen LogP contribution in [0.4, 0.5) is 5.82 Å². The van der Waals surface area contributed by atoms with Gasteiger partial charge < -0.3 is 16.8 Å². The minimum Gasteiger partial charge on any atom is -0.365 e. The van der Waals surface area contributed by atoms with Crippen molar-refractivity contribution >= 4 is 11.7 Å². The molecule has 1 rings (SSSR count). The van der Waals surface area contributed by atoms with Crippen LogP contribution in [0.25, 0.3) is 0 Å². The summed E-state index contributed by atoms with van der Waals surface area (Å²) in [6, 6.07) is 3.33. The number of anilines is 1. The maximum Gasteiger partial charge on any atom is 0.252 e. The quantitative estimate of drug-likeness (QED) is 0.684. The molecule has 0 radical (unpaired) electrons. The van der Waals surface area contributed by atoms with Crippen molar-refractivity contribution in [1.82, 2.24) is 4.98 Å². The van der Waals surface area contributed by atoms with Crippen LogP contribution in [0.1, 0.15) is 30.6 Å². The number of carbonyl (C=O) groups excluding carboxylic acids is 1. The lowest BCUT2D eigenvalue weighted by molar-refractivity contribution is 0.100. The maximum absolute atomic E-state index is 11.2. The van der Waals surface area contributed by atoms with Crippen molar-refractivity contribution in [2.75, 3.05) is 11.9 Å². The average molecular weight is 222 g/mol. The Morgan fingerprint density at radius 2 is 2.25 bits per heavy atom. The van der Waals surface area contributed by atoms with E-state index in [4.69, 9.17) is 11.5 Å². The molecule has 1 heterocycles. The largest absolute Gasteiger partial charge is 0.365 e. The molecule has 1 amide bonds. The highest BCUT2D eigenvalue weighted by atomic mass is 16.1. The lowest BCUT2D eigenvalue weighted by Gasteiger charge is -2.27. The van der Waals surface area contributed by atoms with Crippen molar-refractivity contribution in [3.63, 3.8) is 0 Å². The molecule has 0 aliphatic carbocycles. The van der Waals surface area contributed by atoms with Gasteiger partial charge in [0.05, 0.1) is 5.56 Å². The fraction of sp³-hybridized carbons (Fsp3) is 0.455. The molecule has 0 aromatic carbocycles. The zero-order valence-electron chi connectivity index (χ0n) is 9.66. The summed E-state index contributed by atoms with van der Waals surface area (Å²) in [5.41, 5.74) is 11.0. The smallest absolute Gasteiger partial charge is 0.252 e. The molecule has 88 valence electrons. The molecule has 0 fully saturated rings. The fourth-order valence-corrected chi connectivity index (χ4v) is 1.45. The molecule has 0 aliphatic rings. The van der Waals surface area contributed by atoms with Gasteiger partial charge in [0.1, 0.15) is 5.82 Å². The van der Waals surface area contributed by atoms with E-state index in [-0.39, 0.29) is 5.54 Å². The summed E-state index contributed by atoms with van der Waals surface area (Å²) < 4.78 is 0. The van der Waals surface area contributed by atoms with Crippen molar-refractivity contribution in [2.24, 2.45) is 11.5 Å². The summed E-state index contributed by atoms with van der Waals surface area (Å²) in [7, 11) is 0. The Kier molecular flexibility index (Phi) is 3.84. The molecule has 0 saturated carbocycles. The van der Waals surface area contributed by atoms with Gasteiger partial charge >= 0.3 is 0 Å². The molecule has 5 nitrogen and oxygen atoms in total. The van der Waals surface area contributed by atoms with Crippen molar-refractivity contribution in [1.29, 1.82) is 0 Å². The predicted octanol–water partition coefficient (Wildman–Crippen LogP) is 0.720. The molecule has 5 heteroatoms. The Balaban J connectivity index is 2.92. The average Bonchev–Trinajstić information content (AvgIpc) is 2.17. The number of primary amides is 1. The fourth-order valence-electron chi connectivity index (χ4n) is 1.45. The van der Waals surface area contributed by atoms with Crippen molar-refractivity contribution in [3.05, 3.63) is 23.9 Å². The second kappa shape index (κ2) is 4.94. The number of amides is 1. The monoisotopic (exact) mass is 222 g/mol. The number of rotatable bonds is 5. The Bertz CT molecular complexity index is 376. The maximum atomic E-state index is 11.2. The molecule has 1 aromatic heterocycles. The van der Waals surface area contributed by atoms with Crippen LogP contribution in [0.3, 0.4) is 0 Å². The number of pyridine rings is 1. The Morgan fingerprint density at radius 1 is 1.56 bits per heavy atom. The highest BCUT2D eigenvalue weighted by Crippen LogP contribution is 2.18. The van der Waals surface area contributed by atoms with Crippen LogP contribution in [0.2, 0.25) is 0 Å². The standard InChI is InChI=1S/C11H18N4O/c1-11(2,5-6-12)15-10-8(9(13)16)4-3-7-14-10/h3-4,7H,5-6,12H2,1-2H3,(H2,13,16)(H,14,15). The van der Waals surface area contributed by atoms with E-state index in [1.165, 1.54) is 0 Å². The number of carbonyl (C=O) groups is 1. The number of hydrogen-bond donors (Lipinski definition) is 3. The molecule has 16 heavy (non-hydrogen) atoms. The molecule has 1 aromatic rings. The van der Waals surface area contributed by atoms with Gasteiger partial charge in [0.25, 0.3) is 5.91 Å². The van der Waals surface area contributed by atoms with Gasteiger partial charge in [-0.1, -0.05) is 0 Å². The van der Waals surface area contributed by atoms with E-state index >= 15 is 0 Å². The number of nitrogens with two attached hydrogens (primary N) is 2. The molecule has 0 saturated heterocycles. The van der Waals surface area contributed by atoms with E-state index < -0.39 is 5.91 Å². The van der Waals surface area contributed by atoms with Crippen LogP contribution >= 0.6 is 0 Å². The number of nitrogens with zero attached hydrogens (tertiary/aromatic N) is 1. The summed E-state index contributed by atoms with van der Waals surface area (Å²) in [6.07, 6.45) is 2.40. The first kappa shape index (κ1) is 12.4. The molecular weight excluding hydrogens is 204 g/mol. The van der Waals surface area contributed by atoms with E-state index in [2.05, 4.69) is 10.3 Å². The van der Waals surface area contributed by atoms with Gasteiger partial charge in [0, 0.05) is 11.7 Å². The Hall–Kier alpha value is -1.62. The van der Waals surface area contributed by atoms with Gasteiger partial charge in [0.2, 0.25) is 0 Å². The highest BCUT2D eigenvalue weighted by Gasteiger charge is 2.19. The van der Waals surface area contributed by atoms with Crippen molar-refractivity contribution in [2.45, 2.75) is 25.8 Å². The van der Waals surface area contributed by atoms with Crippen molar-refractivity contribution in [3.8, 4) is 0 Å². The minimum atomic E-state index is -0.487. The Morgan fingerprint density at radius 3 is 2.81 bits per heavy atom. The number of nitrogens with one attached hydrogen (secondary N) is 1. The van der Waals surface area contributed by atoms with E-state index in [9.17, 15) is 4.79 Å². The van der Waals surface area contributed by atoms with Crippen LogP contribution in [0.15, 0.2) is 18.3 Å². The van der Waals surface area contributed by atoms with E-state index in [0.717, 1.165) is 6.42 Å². The van der Waals surface area contributed by atoms with E-state index in [0.29, 0.717) is 17.9 Å². The Labute approximate surface area is 95.2 Å². The topological polar surface area (TPSA) is 94.0 Å². The van der Waals surface area contributed by atoms with Crippen molar-refractivity contribution < 1.29 is 4.79 Å². The first-order chi connectivity index (χ1) is 7.46. The third-order valence-corrected chi connectivity index (χ3v) is 2.30. The molecule has 0 bridgehead atoms. The second-order valence-electron chi connectivity index (χ2n) is 4.31. The van der Waals surface area contributed by atoms with Gasteiger partial charge in [-0.15, -0.1) is 0 Å². The summed E-state index contributed by atoms with van der Waals surface area (Å²) in [4.78, 5) is 15.3. The molecule has 0 atom stereocenters. The van der Waals surface area contributed by atoms with Crippen LogP contribution < -0.4 is 16.8 Å². The first-order valence-electron chi connectivity index (χ1n) is 5.19. The summed E-state index contributed by atoms with van der Waals surface area (Å²) in [5, 5.41) is 3.18. The highest BCUT2D eigenvalue weighted by molar-refractivity contribution is 5.97. The number of aromatic nitrogens is 1. The zero-order chi connectivity index (χ0) is 12.2. The van der Waals surface area contributed by atoms with Crippen LogP contribution in [-0.4, -0.2) is 23.0 Å². The van der Waals surface area contributed by atoms with Gasteiger partial charge in [-0.2, -0.15) is 0 Å². The van der Waals surface area contributed by atoms with Crippen LogP contribution in [0, 0.1) is 0 Å². The number of hydrogen-bond acceptors (Lipinski definition) is 4. The molecule has 0 spiro atoms. The SMILES string of the molecule is CC(C)(CCN)Nc1ncccc1C(N)=O. The van der Waals surface area contributed by atoms with Gasteiger partial charge in [-0.25, -0.2) is 4.98 Å². The van der Waals surface area contributed by atoms with Gasteiger partial charge in [-0.3, -0.25) is 4.79 Å². The zero-order valence-corrected chi connectivity index (χ0v) is 9.66. The lowest BCUT2D eigenvalue weighted by Crippen LogP contribution is -2.34. The third-order valence-electron chi connectivity index (χ3n) is 2.30. The normalized spacial score (nSPS) is 11.2. The molecule has 0 unspecified atom stereocenters. The molecular formula is C11H18N4O. The first-order valence-corrected chi connectivity index (χ1v) is 5.19.